The van der Waals surface area contributed by atoms with Crippen molar-refractivity contribution in [3.8, 4) is 0 Å². The molecule has 0 unspecified atom stereocenters. The van der Waals surface area contributed by atoms with Crippen LogP contribution in [-0.2, 0) is 16.0 Å². The summed E-state index contributed by atoms with van der Waals surface area (Å²) >= 11 is 0. The molecular formula is C24H29N3O2. The monoisotopic (exact) mass is 391 g/mol. The van der Waals surface area contributed by atoms with Gasteiger partial charge in [-0.25, -0.2) is 0 Å². The molecule has 2 saturated heterocycles. The molecule has 0 N–H and O–H groups in total. The maximum atomic E-state index is 12.8. The molecule has 152 valence electrons. The van der Waals surface area contributed by atoms with Gasteiger partial charge in [-0.1, -0.05) is 30.3 Å². The van der Waals surface area contributed by atoms with Crippen LogP contribution in [-0.4, -0.2) is 49.4 Å². The molecule has 0 aliphatic carbocycles. The topological polar surface area (TPSA) is 43.9 Å². The zero-order valence-corrected chi connectivity index (χ0v) is 17.1. The Labute approximate surface area is 172 Å². The first-order valence-corrected chi connectivity index (χ1v) is 10.6. The Morgan fingerprint density at radius 1 is 1.00 bits per heavy atom. The lowest BCUT2D eigenvalue weighted by atomic mass is 10.0. The molecule has 2 aliphatic rings. The van der Waals surface area contributed by atoms with E-state index in [1.54, 1.807) is 0 Å². The Morgan fingerprint density at radius 3 is 2.31 bits per heavy atom. The van der Waals surface area contributed by atoms with Crippen molar-refractivity contribution in [2.75, 3.05) is 36.5 Å². The molecule has 29 heavy (non-hydrogen) atoms. The van der Waals surface area contributed by atoms with E-state index in [-0.39, 0.29) is 11.8 Å². The molecule has 5 nitrogen and oxygen atoms in total. The largest absolute Gasteiger partial charge is 0.371 e. The van der Waals surface area contributed by atoms with E-state index in [0.717, 1.165) is 50.1 Å². The minimum Gasteiger partial charge on any atom is -0.371 e. The Hall–Kier alpha value is -2.82. The highest BCUT2D eigenvalue weighted by molar-refractivity contribution is 5.95. The van der Waals surface area contributed by atoms with Crippen LogP contribution in [0.25, 0.3) is 0 Å². The predicted molar refractivity (Wildman–Crippen MR) is 116 cm³/mol. The van der Waals surface area contributed by atoms with Gasteiger partial charge < -0.3 is 14.7 Å². The summed E-state index contributed by atoms with van der Waals surface area (Å²) in [5.41, 5.74) is 3.18. The van der Waals surface area contributed by atoms with Gasteiger partial charge in [0.25, 0.3) is 0 Å². The van der Waals surface area contributed by atoms with Crippen LogP contribution in [0.15, 0.2) is 54.6 Å². The van der Waals surface area contributed by atoms with E-state index < -0.39 is 0 Å². The minimum atomic E-state index is 0.191. The van der Waals surface area contributed by atoms with Gasteiger partial charge in [0, 0.05) is 50.5 Å². The highest BCUT2D eigenvalue weighted by atomic mass is 16.2. The Balaban J connectivity index is 1.29. The van der Waals surface area contributed by atoms with Crippen molar-refractivity contribution in [1.82, 2.24) is 4.90 Å². The second-order valence-corrected chi connectivity index (χ2v) is 8.05. The zero-order chi connectivity index (χ0) is 20.2. The lowest BCUT2D eigenvalue weighted by Gasteiger charge is -2.38. The van der Waals surface area contributed by atoms with Crippen molar-refractivity contribution in [2.24, 2.45) is 0 Å². The highest BCUT2D eigenvalue weighted by Crippen LogP contribution is 2.24. The normalized spacial score (nSPS) is 17.6. The number of piperidine rings is 1. The first-order valence-electron chi connectivity index (χ1n) is 10.6. The van der Waals surface area contributed by atoms with Crippen LogP contribution in [0.2, 0.25) is 0 Å². The molecule has 2 amide bonds. The smallest absolute Gasteiger partial charge is 0.227 e. The van der Waals surface area contributed by atoms with Crippen LogP contribution in [0, 0.1) is 0 Å². The molecule has 2 aromatic rings. The first-order chi connectivity index (χ1) is 14.1. The standard InChI is InChI=1S/C24H29N3O2/c1-25(20-6-3-2-4-7-20)21-13-16-26(17-14-21)24(29)18-19-9-11-22(12-10-19)27-15-5-8-23(27)28/h2-4,6-7,9-12,21H,5,8,13-18H2,1H3. The summed E-state index contributed by atoms with van der Waals surface area (Å²) in [6, 6.07) is 18.8. The average Bonchev–Trinajstić information content (AvgIpc) is 3.20. The molecule has 2 aliphatic heterocycles. The molecular weight excluding hydrogens is 362 g/mol. The van der Waals surface area contributed by atoms with Gasteiger partial charge in [-0.3, -0.25) is 9.59 Å². The number of benzene rings is 2. The number of rotatable bonds is 5. The fourth-order valence-corrected chi connectivity index (χ4v) is 4.38. The Bertz CT molecular complexity index is 842. The summed E-state index contributed by atoms with van der Waals surface area (Å²) in [5, 5.41) is 0. The van der Waals surface area contributed by atoms with E-state index in [4.69, 9.17) is 0 Å². The van der Waals surface area contributed by atoms with Crippen LogP contribution < -0.4 is 9.80 Å². The number of carbonyl (C=O) groups excluding carboxylic acids is 2. The zero-order valence-electron chi connectivity index (χ0n) is 17.1. The van der Waals surface area contributed by atoms with Crippen LogP contribution >= 0.6 is 0 Å². The summed E-state index contributed by atoms with van der Waals surface area (Å²) in [6.07, 6.45) is 3.97. The second-order valence-electron chi connectivity index (χ2n) is 8.05. The highest BCUT2D eigenvalue weighted by Gasteiger charge is 2.26. The van der Waals surface area contributed by atoms with Gasteiger partial charge in [0.05, 0.1) is 6.42 Å². The summed E-state index contributed by atoms with van der Waals surface area (Å²) in [4.78, 5) is 30.8. The number of hydrogen-bond donors (Lipinski definition) is 0. The van der Waals surface area contributed by atoms with Gasteiger partial charge in [-0.2, -0.15) is 0 Å². The third-order valence-electron chi connectivity index (χ3n) is 6.21. The lowest BCUT2D eigenvalue weighted by Crippen LogP contribution is -2.46. The van der Waals surface area contributed by atoms with Crippen molar-refractivity contribution in [3.05, 3.63) is 60.2 Å². The number of nitrogens with zero attached hydrogens (tertiary/aromatic N) is 3. The number of amides is 2. The van der Waals surface area contributed by atoms with E-state index in [2.05, 4.69) is 36.2 Å². The molecule has 0 spiro atoms. The van der Waals surface area contributed by atoms with Crippen molar-refractivity contribution in [1.29, 1.82) is 0 Å². The van der Waals surface area contributed by atoms with Gasteiger partial charge in [-0.05, 0) is 49.1 Å². The summed E-state index contributed by atoms with van der Waals surface area (Å²) < 4.78 is 0. The second kappa shape index (κ2) is 8.68. The van der Waals surface area contributed by atoms with Gasteiger partial charge >= 0.3 is 0 Å². The summed E-state index contributed by atoms with van der Waals surface area (Å²) in [5.74, 6) is 0.382. The fourth-order valence-electron chi connectivity index (χ4n) is 4.38. The molecule has 0 aromatic heterocycles. The van der Waals surface area contributed by atoms with Crippen LogP contribution in [0.4, 0.5) is 11.4 Å². The van der Waals surface area contributed by atoms with Crippen LogP contribution in [0.3, 0.4) is 0 Å². The maximum Gasteiger partial charge on any atom is 0.227 e. The number of carbonyl (C=O) groups is 2. The first kappa shape index (κ1) is 19.5. The quantitative estimate of drug-likeness (QED) is 0.784. The van der Waals surface area contributed by atoms with E-state index in [0.29, 0.717) is 18.9 Å². The van der Waals surface area contributed by atoms with Gasteiger partial charge in [0.1, 0.15) is 0 Å². The van der Waals surface area contributed by atoms with E-state index in [9.17, 15) is 9.59 Å². The van der Waals surface area contributed by atoms with Gasteiger partial charge in [0.15, 0.2) is 0 Å². The van der Waals surface area contributed by atoms with Crippen molar-refractivity contribution in [3.63, 3.8) is 0 Å². The van der Waals surface area contributed by atoms with Gasteiger partial charge in [0.2, 0.25) is 11.8 Å². The summed E-state index contributed by atoms with van der Waals surface area (Å²) in [7, 11) is 2.14. The molecule has 4 rings (SSSR count). The molecule has 0 saturated carbocycles. The van der Waals surface area contributed by atoms with E-state index >= 15 is 0 Å². The third kappa shape index (κ3) is 4.44. The Kier molecular flexibility index (Phi) is 5.84. The van der Waals surface area contributed by atoms with Crippen LogP contribution in [0.1, 0.15) is 31.2 Å². The molecule has 0 bridgehead atoms. The fraction of sp³-hybridized carbons (Fsp3) is 0.417. The number of para-hydroxylation sites is 1. The maximum absolute atomic E-state index is 12.8. The molecule has 2 aromatic carbocycles. The predicted octanol–water partition coefficient (Wildman–Crippen LogP) is 3.48. The minimum absolute atomic E-state index is 0.191. The molecule has 5 heteroatoms. The molecule has 0 radical (unpaired) electrons. The van der Waals surface area contributed by atoms with Crippen molar-refractivity contribution < 1.29 is 9.59 Å². The van der Waals surface area contributed by atoms with E-state index in [1.165, 1.54) is 5.69 Å². The van der Waals surface area contributed by atoms with E-state index in [1.807, 2.05) is 40.1 Å². The third-order valence-corrected chi connectivity index (χ3v) is 6.21. The number of hydrogen-bond acceptors (Lipinski definition) is 3. The van der Waals surface area contributed by atoms with Crippen molar-refractivity contribution >= 4 is 23.2 Å². The molecule has 2 fully saturated rings. The Morgan fingerprint density at radius 2 is 1.69 bits per heavy atom. The molecule has 2 heterocycles. The van der Waals surface area contributed by atoms with Crippen molar-refractivity contribution in [2.45, 2.75) is 38.1 Å². The number of likely N-dealkylation sites (tertiary alicyclic amines) is 1. The van der Waals surface area contributed by atoms with Gasteiger partial charge in [-0.15, -0.1) is 0 Å². The summed E-state index contributed by atoms with van der Waals surface area (Å²) in [6.45, 7) is 2.41. The molecule has 0 atom stereocenters. The lowest BCUT2D eigenvalue weighted by molar-refractivity contribution is -0.131. The number of anilines is 2. The SMILES string of the molecule is CN(c1ccccc1)C1CCN(C(=O)Cc2ccc(N3CCCC3=O)cc2)CC1. The average molecular weight is 392 g/mol. The van der Waals surface area contributed by atoms with Crippen LogP contribution in [0.5, 0.6) is 0 Å².